The number of anilines is 1. The van der Waals surface area contributed by atoms with E-state index in [1.54, 1.807) is 18.1 Å². The molecule has 0 aliphatic heterocycles. The highest BCUT2D eigenvalue weighted by Gasteiger charge is 2.05. The second-order valence-electron chi connectivity index (χ2n) is 4.21. The molecule has 2 aromatic rings. The van der Waals surface area contributed by atoms with E-state index in [0.29, 0.717) is 0 Å². The molecule has 4 nitrogen and oxygen atoms in total. The van der Waals surface area contributed by atoms with E-state index in [4.69, 9.17) is 5.73 Å². The summed E-state index contributed by atoms with van der Waals surface area (Å²) in [6, 6.07) is 6.11. The molecule has 0 saturated heterocycles. The third kappa shape index (κ3) is 3.04. The summed E-state index contributed by atoms with van der Waals surface area (Å²) in [5.74, 6) is 1.86. The van der Waals surface area contributed by atoms with Gasteiger partial charge in [0.15, 0.2) is 0 Å². The lowest BCUT2D eigenvalue weighted by molar-refractivity contribution is 0.581. The molecule has 0 radical (unpaired) electrons. The van der Waals surface area contributed by atoms with Gasteiger partial charge >= 0.3 is 0 Å². The van der Waals surface area contributed by atoms with Gasteiger partial charge in [0, 0.05) is 17.1 Å². The molecule has 1 heterocycles. The Labute approximate surface area is 112 Å². The average Bonchev–Trinajstić information content (AvgIpc) is 2.79. The SMILES string of the molecule is CCCn1ncnc1CSc1ccc(N)c(C)c1. The van der Waals surface area contributed by atoms with Crippen molar-refractivity contribution in [2.24, 2.45) is 0 Å². The van der Waals surface area contributed by atoms with Crippen molar-refractivity contribution >= 4 is 17.4 Å². The number of thioether (sulfide) groups is 1. The molecule has 2 N–H and O–H groups in total. The van der Waals surface area contributed by atoms with Gasteiger partial charge in [0.2, 0.25) is 0 Å². The molecular formula is C13H18N4S. The Hall–Kier alpha value is -1.49. The van der Waals surface area contributed by atoms with Crippen LogP contribution in [0.2, 0.25) is 0 Å². The fourth-order valence-electron chi connectivity index (χ4n) is 1.68. The monoisotopic (exact) mass is 262 g/mol. The number of nitrogen functional groups attached to an aromatic ring is 1. The summed E-state index contributed by atoms with van der Waals surface area (Å²) in [7, 11) is 0. The lowest BCUT2D eigenvalue weighted by atomic mass is 10.2. The smallest absolute Gasteiger partial charge is 0.138 e. The Morgan fingerprint density at radius 3 is 2.94 bits per heavy atom. The molecule has 0 spiro atoms. The first-order valence-electron chi connectivity index (χ1n) is 6.06. The number of nitrogens with two attached hydrogens (primary N) is 1. The fourth-order valence-corrected chi connectivity index (χ4v) is 2.63. The lowest BCUT2D eigenvalue weighted by Crippen LogP contribution is -2.04. The zero-order valence-electron chi connectivity index (χ0n) is 10.8. The summed E-state index contributed by atoms with van der Waals surface area (Å²) in [6.07, 6.45) is 2.70. The van der Waals surface area contributed by atoms with Crippen LogP contribution in [0.3, 0.4) is 0 Å². The molecule has 0 unspecified atom stereocenters. The number of hydrogen-bond acceptors (Lipinski definition) is 4. The van der Waals surface area contributed by atoms with Crippen LogP contribution < -0.4 is 5.73 Å². The third-order valence-electron chi connectivity index (χ3n) is 2.74. The molecule has 96 valence electrons. The lowest BCUT2D eigenvalue weighted by Gasteiger charge is -2.06. The van der Waals surface area contributed by atoms with Crippen molar-refractivity contribution in [1.82, 2.24) is 14.8 Å². The van der Waals surface area contributed by atoms with Crippen LogP contribution in [0.25, 0.3) is 0 Å². The zero-order valence-corrected chi connectivity index (χ0v) is 11.6. The average molecular weight is 262 g/mol. The van der Waals surface area contributed by atoms with E-state index < -0.39 is 0 Å². The predicted molar refractivity (Wildman–Crippen MR) is 75.5 cm³/mol. The van der Waals surface area contributed by atoms with Gasteiger partial charge in [0.05, 0.1) is 5.75 Å². The van der Waals surface area contributed by atoms with E-state index in [-0.39, 0.29) is 0 Å². The Balaban J connectivity index is 2.02. The first-order chi connectivity index (χ1) is 8.70. The maximum atomic E-state index is 5.81. The van der Waals surface area contributed by atoms with Crippen LogP contribution in [0.4, 0.5) is 5.69 Å². The molecule has 2 rings (SSSR count). The van der Waals surface area contributed by atoms with Crippen molar-refractivity contribution in [2.75, 3.05) is 5.73 Å². The molecule has 0 atom stereocenters. The summed E-state index contributed by atoms with van der Waals surface area (Å²) in [5, 5.41) is 4.22. The van der Waals surface area contributed by atoms with E-state index >= 15 is 0 Å². The molecule has 5 heteroatoms. The van der Waals surface area contributed by atoms with Gasteiger partial charge in [-0.15, -0.1) is 11.8 Å². The summed E-state index contributed by atoms with van der Waals surface area (Å²) in [5.41, 5.74) is 7.77. The minimum Gasteiger partial charge on any atom is -0.399 e. The molecule has 0 fully saturated rings. The summed E-state index contributed by atoms with van der Waals surface area (Å²) >= 11 is 1.76. The normalized spacial score (nSPS) is 10.8. The van der Waals surface area contributed by atoms with Crippen LogP contribution in [0.15, 0.2) is 29.4 Å². The van der Waals surface area contributed by atoms with Crippen LogP contribution in [0.5, 0.6) is 0 Å². The molecule has 1 aromatic heterocycles. The molecule has 0 amide bonds. The Morgan fingerprint density at radius 1 is 1.39 bits per heavy atom. The standard InChI is InChI=1S/C13H18N4S/c1-3-6-17-13(15-9-16-17)8-18-11-4-5-12(14)10(2)7-11/h4-5,7,9H,3,6,8,14H2,1-2H3. The second kappa shape index (κ2) is 5.91. The number of rotatable bonds is 5. The number of nitrogens with zero attached hydrogens (tertiary/aromatic N) is 3. The van der Waals surface area contributed by atoms with E-state index in [1.807, 2.05) is 23.7 Å². The van der Waals surface area contributed by atoms with Gasteiger partial charge in [0.25, 0.3) is 0 Å². The summed E-state index contributed by atoms with van der Waals surface area (Å²) in [6.45, 7) is 5.09. The van der Waals surface area contributed by atoms with Crippen molar-refractivity contribution in [1.29, 1.82) is 0 Å². The van der Waals surface area contributed by atoms with Crippen LogP contribution >= 0.6 is 11.8 Å². The predicted octanol–water partition coefficient (Wildman–Crippen LogP) is 2.87. The Bertz CT molecular complexity index is 521. The van der Waals surface area contributed by atoms with Crippen LogP contribution in [0, 0.1) is 6.92 Å². The van der Waals surface area contributed by atoms with Crippen molar-refractivity contribution in [2.45, 2.75) is 37.5 Å². The molecular weight excluding hydrogens is 244 g/mol. The zero-order chi connectivity index (χ0) is 13.0. The van der Waals surface area contributed by atoms with Gasteiger partial charge in [-0.3, -0.25) is 0 Å². The Kier molecular flexibility index (Phi) is 4.25. The largest absolute Gasteiger partial charge is 0.399 e. The molecule has 0 saturated carbocycles. The van der Waals surface area contributed by atoms with E-state index in [2.05, 4.69) is 23.1 Å². The van der Waals surface area contributed by atoms with Crippen molar-refractivity contribution in [3.05, 3.63) is 35.9 Å². The van der Waals surface area contributed by atoms with Gasteiger partial charge in [-0.2, -0.15) is 5.10 Å². The number of aryl methyl sites for hydroxylation is 2. The number of benzene rings is 1. The maximum Gasteiger partial charge on any atom is 0.138 e. The fraction of sp³-hybridized carbons (Fsp3) is 0.385. The van der Waals surface area contributed by atoms with Crippen molar-refractivity contribution in [3.8, 4) is 0 Å². The van der Waals surface area contributed by atoms with E-state index in [1.165, 1.54) is 4.90 Å². The number of aromatic nitrogens is 3. The quantitative estimate of drug-likeness (QED) is 0.665. The highest BCUT2D eigenvalue weighted by atomic mass is 32.2. The van der Waals surface area contributed by atoms with Gasteiger partial charge in [-0.25, -0.2) is 9.67 Å². The third-order valence-corrected chi connectivity index (χ3v) is 3.73. The van der Waals surface area contributed by atoms with Gasteiger partial charge in [-0.05, 0) is 37.1 Å². The van der Waals surface area contributed by atoms with Gasteiger partial charge in [0.1, 0.15) is 12.2 Å². The first kappa shape index (κ1) is 13.0. The van der Waals surface area contributed by atoms with Crippen LogP contribution in [-0.4, -0.2) is 14.8 Å². The van der Waals surface area contributed by atoms with Crippen LogP contribution in [-0.2, 0) is 12.3 Å². The van der Waals surface area contributed by atoms with Crippen molar-refractivity contribution in [3.63, 3.8) is 0 Å². The summed E-state index contributed by atoms with van der Waals surface area (Å²) in [4.78, 5) is 5.51. The van der Waals surface area contributed by atoms with Crippen LogP contribution in [0.1, 0.15) is 24.7 Å². The van der Waals surface area contributed by atoms with Gasteiger partial charge < -0.3 is 5.73 Å². The molecule has 18 heavy (non-hydrogen) atoms. The maximum absolute atomic E-state index is 5.81. The topological polar surface area (TPSA) is 56.7 Å². The number of hydrogen-bond donors (Lipinski definition) is 1. The summed E-state index contributed by atoms with van der Waals surface area (Å²) < 4.78 is 1.97. The van der Waals surface area contributed by atoms with Gasteiger partial charge in [-0.1, -0.05) is 6.92 Å². The second-order valence-corrected chi connectivity index (χ2v) is 5.26. The first-order valence-corrected chi connectivity index (χ1v) is 7.05. The highest BCUT2D eigenvalue weighted by Crippen LogP contribution is 2.25. The Morgan fingerprint density at radius 2 is 2.22 bits per heavy atom. The highest BCUT2D eigenvalue weighted by molar-refractivity contribution is 7.98. The molecule has 1 aromatic carbocycles. The molecule has 0 aliphatic carbocycles. The van der Waals surface area contributed by atoms with E-state index in [0.717, 1.165) is 35.8 Å². The van der Waals surface area contributed by atoms with E-state index in [9.17, 15) is 0 Å². The molecule has 0 bridgehead atoms. The van der Waals surface area contributed by atoms with Crippen molar-refractivity contribution < 1.29 is 0 Å². The minimum atomic E-state index is 0.837. The minimum absolute atomic E-state index is 0.837. The molecule has 0 aliphatic rings.